The van der Waals surface area contributed by atoms with Crippen molar-refractivity contribution in [2.45, 2.75) is 63.7 Å². The van der Waals surface area contributed by atoms with Crippen molar-refractivity contribution < 1.29 is 24.3 Å². The monoisotopic (exact) mass is 601 g/mol. The molecule has 0 fully saturated rings. The van der Waals surface area contributed by atoms with Gasteiger partial charge in [-0.2, -0.15) is 0 Å². The number of amides is 3. The van der Waals surface area contributed by atoms with Crippen LogP contribution in [0.4, 0.5) is 0 Å². The summed E-state index contributed by atoms with van der Waals surface area (Å²) in [6.07, 6.45) is 5.55. The van der Waals surface area contributed by atoms with Crippen molar-refractivity contribution in [1.82, 2.24) is 30.9 Å². The molecule has 4 aromatic rings. The fourth-order valence-electron chi connectivity index (χ4n) is 4.93. The number of aromatic nitrogens is 3. The lowest BCUT2D eigenvalue weighted by atomic mass is 9.98. The van der Waals surface area contributed by atoms with Crippen molar-refractivity contribution >= 4 is 34.6 Å². The third-order valence-electron chi connectivity index (χ3n) is 7.80. The Bertz CT molecular complexity index is 1550. The Morgan fingerprint density at radius 1 is 0.841 bits per heavy atom. The van der Waals surface area contributed by atoms with Crippen LogP contribution in [-0.4, -0.2) is 67.9 Å². The number of carbonyl (C=O) groups is 4. The number of para-hydroxylation sites is 1. The van der Waals surface area contributed by atoms with Crippen molar-refractivity contribution in [1.29, 1.82) is 0 Å². The number of rotatable bonds is 15. The number of nitrogens with two attached hydrogens (primary N) is 1. The van der Waals surface area contributed by atoms with E-state index in [1.54, 1.807) is 6.20 Å². The predicted octanol–water partition coefficient (Wildman–Crippen LogP) is 1.83. The van der Waals surface area contributed by atoms with Gasteiger partial charge in [0, 0.05) is 48.3 Å². The van der Waals surface area contributed by atoms with Gasteiger partial charge < -0.3 is 36.8 Å². The Morgan fingerprint density at radius 3 is 2.14 bits per heavy atom. The first-order valence-corrected chi connectivity index (χ1v) is 14.6. The van der Waals surface area contributed by atoms with Gasteiger partial charge >= 0.3 is 5.97 Å². The Morgan fingerprint density at radius 2 is 1.48 bits per heavy atom. The highest BCUT2D eigenvalue weighted by atomic mass is 16.4. The van der Waals surface area contributed by atoms with Crippen molar-refractivity contribution in [3.05, 3.63) is 90.1 Å². The number of carbonyl (C=O) groups excluding carboxylic acids is 3. The lowest BCUT2D eigenvalue weighted by molar-refractivity contribution is -0.142. The minimum atomic E-state index is -1.27. The van der Waals surface area contributed by atoms with Crippen LogP contribution >= 0.6 is 0 Å². The molecule has 0 aliphatic rings. The molecule has 4 rings (SSSR count). The normalized spacial score (nSPS) is 14.6. The van der Waals surface area contributed by atoms with Crippen LogP contribution in [0.2, 0.25) is 0 Å². The van der Waals surface area contributed by atoms with E-state index in [0.29, 0.717) is 12.1 Å². The number of imidazole rings is 1. The molecule has 44 heavy (non-hydrogen) atoms. The highest BCUT2D eigenvalue weighted by Crippen LogP contribution is 2.19. The van der Waals surface area contributed by atoms with Crippen LogP contribution in [0, 0.1) is 5.92 Å². The van der Waals surface area contributed by atoms with Crippen LogP contribution in [0.5, 0.6) is 0 Å². The molecule has 0 bridgehead atoms. The third kappa shape index (κ3) is 8.32. The molecule has 0 saturated heterocycles. The van der Waals surface area contributed by atoms with Crippen LogP contribution < -0.4 is 21.7 Å². The van der Waals surface area contributed by atoms with E-state index in [1.165, 1.54) is 12.5 Å². The quantitative estimate of drug-likeness (QED) is 0.108. The smallest absolute Gasteiger partial charge is 0.326 e. The zero-order chi connectivity index (χ0) is 31.6. The molecule has 0 saturated carbocycles. The second-order valence-corrected chi connectivity index (χ2v) is 11.0. The van der Waals surface area contributed by atoms with Gasteiger partial charge in [0.1, 0.15) is 18.1 Å². The van der Waals surface area contributed by atoms with Crippen LogP contribution in [0.1, 0.15) is 37.1 Å². The van der Waals surface area contributed by atoms with Crippen molar-refractivity contribution in [3.8, 4) is 0 Å². The summed E-state index contributed by atoms with van der Waals surface area (Å²) < 4.78 is 0. The lowest BCUT2D eigenvalue weighted by Crippen LogP contribution is -2.58. The van der Waals surface area contributed by atoms with E-state index in [-0.39, 0.29) is 25.2 Å². The summed E-state index contributed by atoms with van der Waals surface area (Å²) in [7, 11) is 0. The number of nitrogens with one attached hydrogen (secondary N) is 5. The second kappa shape index (κ2) is 15.0. The van der Waals surface area contributed by atoms with Crippen LogP contribution in [0.15, 0.2) is 73.3 Å². The average molecular weight is 602 g/mol. The van der Waals surface area contributed by atoms with Gasteiger partial charge in [-0.3, -0.25) is 14.4 Å². The van der Waals surface area contributed by atoms with E-state index in [1.807, 2.05) is 68.4 Å². The van der Waals surface area contributed by atoms with Gasteiger partial charge in [0.2, 0.25) is 17.7 Å². The van der Waals surface area contributed by atoms with Gasteiger partial charge in [0.15, 0.2) is 0 Å². The molecule has 5 unspecified atom stereocenters. The maximum Gasteiger partial charge on any atom is 0.326 e. The van der Waals surface area contributed by atoms with Crippen molar-refractivity contribution in [2.75, 3.05) is 0 Å². The first-order chi connectivity index (χ1) is 21.2. The topological polar surface area (TPSA) is 195 Å². The van der Waals surface area contributed by atoms with Gasteiger partial charge in [0.05, 0.1) is 12.4 Å². The summed E-state index contributed by atoms with van der Waals surface area (Å²) in [5.74, 6) is -3.11. The molecule has 2 heterocycles. The number of carboxylic acids is 1. The summed E-state index contributed by atoms with van der Waals surface area (Å²) in [5.41, 5.74) is 9.07. The standard InChI is InChI=1S/C32H39N7O5/c1-3-19(2)28(33)31(42)38-25(13-20-9-5-4-6-10-20)29(40)37-26(15-22-17-34-18-36-22)30(41)39-27(32(43)44)14-21-16-35-24-12-8-7-11-23(21)24/h4-12,16-19,25-28,35H,3,13-15,33H2,1-2H3,(H,34,36)(H,37,40)(H,38,42)(H,39,41)(H,43,44). The number of H-pyrrole nitrogens is 2. The number of hydrogen-bond acceptors (Lipinski definition) is 6. The number of hydrogen-bond donors (Lipinski definition) is 7. The Hall–Kier alpha value is -4.97. The average Bonchev–Trinajstić information content (AvgIpc) is 3.69. The molecule has 3 amide bonds. The largest absolute Gasteiger partial charge is 0.480 e. The molecule has 0 aliphatic carbocycles. The first kappa shape index (κ1) is 32.0. The molecule has 12 heteroatoms. The Kier molecular flexibility index (Phi) is 10.9. The van der Waals surface area contributed by atoms with E-state index in [0.717, 1.165) is 22.0 Å². The molecule has 12 nitrogen and oxygen atoms in total. The number of fused-ring (bicyclic) bond motifs is 1. The molecule has 232 valence electrons. The molecule has 2 aromatic heterocycles. The van der Waals surface area contributed by atoms with E-state index >= 15 is 0 Å². The summed E-state index contributed by atoms with van der Waals surface area (Å²) in [6.45, 7) is 3.78. The molecule has 5 atom stereocenters. The molecular formula is C32H39N7O5. The van der Waals surface area contributed by atoms with Gasteiger partial charge in [-0.25, -0.2) is 9.78 Å². The summed E-state index contributed by atoms with van der Waals surface area (Å²) in [5, 5.41) is 19.0. The summed E-state index contributed by atoms with van der Waals surface area (Å²) in [4.78, 5) is 62.6. The van der Waals surface area contributed by atoms with Crippen LogP contribution in [0.25, 0.3) is 10.9 Å². The third-order valence-corrected chi connectivity index (χ3v) is 7.80. The maximum absolute atomic E-state index is 13.7. The molecule has 0 aliphatic heterocycles. The number of aliphatic carboxylic acids is 1. The molecular weight excluding hydrogens is 562 g/mol. The highest BCUT2D eigenvalue weighted by molar-refractivity contribution is 5.94. The van der Waals surface area contributed by atoms with Crippen molar-refractivity contribution in [2.24, 2.45) is 11.7 Å². The summed E-state index contributed by atoms with van der Waals surface area (Å²) >= 11 is 0. The number of nitrogens with zero attached hydrogens (tertiary/aromatic N) is 1. The van der Waals surface area contributed by atoms with Crippen LogP contribution in [-0.2, 0) is 38.4 Å². The van der Waals surface area contributed by atoms with Gasteiger partial charge in [0.25, 0.3) is 0 Å². The fraction of sp³-hybridized carbons (Fsp3) is 0.344. The predicted molar refractivity (Wildman–Crippen MR) is 165 cm³/mol. The molecule has 0 spiro atoms. The molecule has 2 aromatic carbocycles. The van der Waals surface area contributed by atoms with E-state index in [4.69, 9.17) is 5.73 Å². The summed E-state index contributed by atoms with van der Waals surface area (Å²) in [6, 6.07) is 12.3. The van der Waals surface area contributed by atoms with Crippen molar-refractivity contribution in [3.63, 3.8) is 0 Å². The van der Waals surface area contributed by atoms with Crippen LogP contribution in [0.3, 0.4) is 0 Å². The zero-order valence-corrected chi connectivity index (χ0v) is 24.7. The van der Waals surface area contributed by atoms with Gasteiger partial charge in [-0.15, -0.1) is 0 Å². The Balaban J connectivity index is 1.54. The second-order valence-electron chi connectivity index (χ2n) is 11.0. The van der Waals surface area contributed by atoms with Gasteiger partial charge in [-0.05, 0) is 23.1 Å². The molecule has 8 N–H and O–H groups in total. The zero-order valence-electron chi connectivity index (χ0n) is 24.7. The highest BCUT2D eigenvalue weighted by Gasteiger charge is 2.32. The minimum Gasteiger partial charge on any atom is -0.480 e. The van der Waals surface area contributed by atoms with E-state index < -0.39 is 47.9 Å². The number of aromatic amines is 2. The lowest BCUT2D eigenvalue weighted by Gasteiger charge is -2.26. The number of carboxylic acid groups (broad SMARTS) is 1. The molecule has 0 radical (unpaired) electrons. The first-order valence-electron chi connectivity index (χ1n) is 14.6. The SMILES string of the molecule is CCC(C)C(N)C(=O)NC(Cc1ccccc1)C(=O)NC(Cc1cnc[nH]1)C(=O)NC(Cc1c[nH]c2ccccc12)C(=O)O. The minimum absolute atomic E-state index is 0.00931. The van der Waals surface area contributed by atoms with Gasteiger partial charge in [-0.1, -0.05) is 68.8 Å². The van der Waals surface area contributed by atoms with E-state index in [9.17, 15) is 24.3 Å². The van der Waals surface area contributed by atoms with E-state index in [2.05, 4.69) is 30.9 Å². The maximum atomic E-state index is 13.7. The number of benzene rings is 2. The fourth-order valence-corrected chi connectivity index (χ4v) is 4.93. The Labute approximate surface area is 255 Å².